The number of hydrogen-bond donors (Lipinski definition) is 3. The van der Waals surface area contributed by atoms with Crippen molar-refractivity contribution in [2.45, 2.75) is 4.90 Å². The molecule has 0 fully saturated rings. The normalized spacial score (nSPS) is 11.6. The summed E-state index contributed by atoms with van der Waals surface area (Å²) in [6.45, 7) is 0.317. The molecule has 1 aromatic heterocycles. The van der Waals surface area contributed by atoms with Crippen molar-refractivity contribution in [2.24, 2.45) is 0 Å². The van der Waals surface area contributed by atoms with Gasteiger partial charge in [0, 0.05) is 18.5 Å². The highest BCUT2D eigenvalue weighted by molar-refractivity contribution is 7.98. The molecule has 1 heterocycles. The zero-order valence-corrected chi connectivity index (χ0v) is 10.2. The van der Waals surface area contributed by atoms with Crippen molar-refractivity contribution in [2.75, 3.05) is 18.6 Å². The molecular weight excluding hydrogens is 252 g/mol. The Bertz CT molecular complexity index is 466. The molecule has 90 valence electrons. The van der Waals surface area contributed by atoms with E-state index in [1.54, 1.807) is 0 Å². The van der Waals surface area contributed by atoms with E-state index in [-0.39, 0.29) is 10.6 Å². The second-order valence-corrected chi connectivity index (χ2v) is 5.70. The van der Waals surface area contributed by atoms with Crippen LogP contribution in [0.5, 0.6) is 0 Å². The van der Waals surface area contributed by atoms with Gasteiger partial charge in [0.05, 0.1) is 0 Å². The first kappa shape index (κ1) is 13.1. The number of hydrogen-bond acceptors (Lipinski definition) is 4. The Morgan fingerprint density at radius 3 is 2.81 bits per heavy atom. The number of aromatic nitrogens is 1. The Labute approximate surface area is 97.5 Å². The minimum absolute atomic E-state index is 0.0639. The number of aromatic amines is 1. The van der Waals surface area contributed by atoms with Crippen molar-refractivity contribution in [3.05, 3.63) is 18.0 Å². The van der Waals surface area contributed by atoms with Crippen LogP contribution in [0.2, 0.25) is 0 Å². The van der Waals surface area contributed by atoms with Crippen LogP contribution in [0.4, 0.5) is 0 Å². The third kappa shape index (κ3) is 3.26. The summed E-state index contributed by atoms with van der Waals surface area (Å²) >= 11 is 1.52. The van der Waals surface area contributed by atoms with E-state index in [9.17, 15) is 13.2 Å². The van der Waals surface area contributed by atoms with Gasteiger partial charge in [-0.25, -0.2) is 17.9 Å². The number of nitrogens with one attached hydrogen (secondary N) is 2. The molecule has 0 amide bonds. The van der Waals surface area contributed by atoms with Gasteiger partial charge in [0.1, 0.15) is 10.6 Å². The SMILES string of the molecule is CSCCNS(=O)(=O)c1c[nH]c(C(=O)O)c1. The van der Waals surface area contributed by atoms with Crippen LogP contribution in [0.25, 0.3) is 0 Å². The van der Waals surface area contributed by atoms with Gasteiger partial charge in [-0.1, -0.05) is 0 Å². The first-order chi connectivity index (χ1) is 7.47. The number of carboxylic acid groups (broad SMARTS) is 1. The van der Waals surface area contributed by atoms with Gasteiger partial charge >= 0.3 is 5.97 Å². The smallest absolute Gasteiger partial charge is 0.352 e. The molecule has 1 rings (SSSR count). The van der Waals surface area contributed by atoms with Crippen molar-refractivity contribution < 1.29 is 18.3 Å². The maximum absolute atomic E-state index is 11.6. The standard InChI is InChI=1S/C8H12N2O4S2/c1-15-3-2-10-16(13,14)6-4-7(8(11)12)9-5-6/h4-5,9-10H,2-3H2,1H3,(H,11,12). The van der Waals surface area contributed by atoms with Crippen LogP contribution in [-0.4, -0.2) is 43.0 Å². The zero-order valence-electron chi connectivity index (χ0n) is 8.56. The highest BCUT2D eigenvalue weighted by atomic mass is 32.2. The molecule has 8 heteroatoms. The van der Waals surface area contributed by atoms with Crippen molar-refractivity contribution in [1.82, 2.24) is 9.71 Å². The number of sulfonamides is 1. The average molecular weight is 264 g/mol. The molecule has 0 saturated carbocycles. The molecule has 1 aromatic rings. The lowest BCUT2D eigenvalue weighted by Gasteiger charge is -2.02. The van der Waals surface area contributed by atoms with E-state index in [0.29, 0.717) is 12.3 Å². The summed E-state index contributed by atoms with van der Waals surface area (Å²) in [5, 5.41) is 8.63. The summed E-state index contributed by atoms with van der Waals surface area (Å²) in [6.07, 6.45) is 3.03. The van der Waals surface area contributed by atoms with Gasteiger partial charge in [-0.2, -0.15) is 11.8 Å². The fraction of sp³-hybridized carbons (Fsp3) is 0.375. The largest absolute Gasteiger partial charge is 0.477 e. The summed E-state index contributed by atoms with van der Waals surface area (Å²) < 4.78 is 25.6. The Kier molecular flexibility index (Phi) is 4.39. The van der Waals surface area contributed by atoms with Crippen LogP contribution in [-0.2, 0) is 10.0 Å². The Balaban J connectivity index is 2.78. The van der Waals surface area contributed by atoms with Crippen LogP contribution in [0.1, 0.15) is 10.5 Å². The Morgan fingerprint density at radius 1 is 1.62 bits per heavy atom. The van der Waals surface area contributed by atoms with Crippen LogP contribution in [0.15, 0.2) is 17.2 Å². The lowest BCUT2D eigenvalue weighted by Crippen LogP contribution is -2.25. The number of H-pyrrole nitrogens is 1. The second kappa shape index (κ2) is 5.37. The molecule has 0 aromatic carbocycles. The Hall–Kier alpha value is -0.990. The van der Waals surface area contributed by atoms with Gasteiger partial charge in [0.15, 0.2) is 0 Å². The molecule has 0 bridgehead atoms. The number of carbonyl (C=O) groups is 1. The van der Waals surface area contributed by atoms with Gasteiger partial charge in [-0.3, -0.25) is 0 Å². The van der Waals surface area contributed by atoms with Crippen molar-refractivity contribution in [1.29, 1.82) is 0 Å². The minimum atomic E-state index is -3.60. The zero-order chi connectivity index (χ0) is 12.2. The maximum Gasteiger partial charge on any atom is 0.352 e. The molecule has 0 saturated heterocycles. The molecule has 0 aliphatic rings. The maximum atomic E-state index is 11.6. The first-order valence-corrected chi connectivity index (χ1v) is 7.25. The summed E-state index contributed by atoms with van der Waals surface area (Å²) in [6, 6.07) is 1.09. The fourth-order valence-corrected chi connectivity index (χ4v) is 2.47. The van der Waals surface area contributed by atoms with E-state index in [1.165, 1.54) is 11.8 Å². The van der Waals surface area contributed by atoms with Crippen LogP contribution in [0.3, 0.4) is 0 Å². The van der Waals surface area contributed by atoms with Crippen molar-refractivity contribution in [3.8, 4) is 0 Å². The predicted octanol–water partition coefficient (Wildman–Crippen LogP) is 0.354. The minimum Gasteiger partial charge on any atom is -0.477 e. The van der Waals surface area contributed by atoms with E-state index in [4.69, 9.17) is 5.11 Å². The van der Waals surface area contributed by atoms with Crippen LogP contribution < -0.4 is 4.72 Å². The predicted molar refractivity (Wildman–Crippen MR) is 61.3 cm³/mol. The van der Waals surface area contributed by atoms with Crippen molar-refractivity contribution in [3.63, 3.8) is 0 Å². The molecule has 3 N–H and O–H groups in total. The highest BCUT2D eigenvalue weighted by Crippen LogP contribution is 2.10. The molecule has 0 unspecified atom stereocenters. The number of carboxylic acids is 1. The molecule has 0 atom stereocenters. The number of thioether (sulfide) groups is 1. The van der Waals surface area contributed by atoms with Crippen LogP contribution >= 0.6 is 11.8 Å². The third-order valence-corrected chi connectivity index (χ3v) is 3.85. The van der Waals surface area contributed by atoms with Gasteiger partial charge in [-0.15, -0.1) is 0 Å². The fourth-order valence-electron chi connectivity index (χ4n) is 1.01. The first-order valence-electron chi connectivity index (χ1n) is 4.37. The van der Waals surface area contributed by atoms with E-state index < -0.39 is 16.0 Å². The summed E-state index contributed by atoms with van der Waals surface area (Å²) in [5.41, 5.74) is -0.148. The summed E-state index contributed by atoms with van der Waals surface area (Å²) in [7, 11) is -3.60. The van der Waals surface area contributed by atoms with E-state index in [1.807, 2.05) is 6.26 Å². The van der Waals surface area contributed by atoms with E-state index in [0.717, 1.165) is 12.3 Å². The topological polar surface area (TPSA) is 99.3 Å². The van der Waals surface area contributed by atoms with Crippen LogP contribution in [0, 0.1) is 0 Å². The van der Waals surface area contributed by atoms with Gasteiger partial charge in [0.2, 0.25) is 10.0 Å². The summed E-state index contributed by atoms with van der Waals surface area (Å²) in [4.78, 5) is 12.9. The highest BCUT2D eigenvalue weighted by Gasteiger charge is 2.17. The quantitative estimate of drug-likeness (QED) is 0.644. The molecule has 0 spiro atoms. The lowest BCUT2D eigenvalue weighted by atomic mass is 10.4. The summed E-state index contributed by atoms with van der Waals surface area (Å²) in [5.74, 6) is -0.527. The monoisotopic (exact) mass is 264 g/mol. The van der Waals surface area contributed by atoms with Gasteiger partial charge in [-0.05, 0) is 12.3 Å². The number of aromatic carboxylic acids is 1. The second-order valence-electron chi connectivity index (χ2n) is 2.94. The molecule has 0 aliphatic carbocycles. The molecule has 6 nitrogen and oxygen atoms in total. The van der Waals surface area contributed by atoms with Gasteiger partial charge < -0.3 is 10.1 Å². The average Bonchev–Trinajstić information content (AvgIpc) is 2.67. The molecule has 0 radical (unpaired) electrons. The van der Waals surface area contributed by atoms with Gasteiger partial charge in [0.25, 0.3) is 0 Å². The molecule has 16 heavy (non-hydrogen) atoms. The molecule has 0 aliphatic heterocycles. The third-order valence-electron chi connectivity index (χ3n) is 1.80. The molecular formula is C8H12N2O4S2. The lowest BCUT2D eigenvalue weighted by molar-refractivity contribution is 0.0691. The van der Waals surface area contributed by atoms with E-state index in [2.05, 4.69) is 9.71 Å². The van der Waals surface area contributed by atoms with E-state index >= 15 is 0 Å². The van der Waals surface area contributed by atoms with Crippen molar-refractivity contribution >= 4 is 27.8 Å². The number of rotatable bonds is 6. The Morgan fingerprint density at radius 2 is 2.31 bits per heavy atom.